The molecule has 0 unspecified atom stereocenters. The maximum atomic E-state index is 10.3. The summed E-state index contributed by atoms with van der Waals surface area (Å²) in [6.45, 7) is 3.57. The summed E-state index contributed by atoms with van der Waals surface area (Å²) in [5.74, 6) is 0.858. The minimum absolute atomic E-state index is 0.0507. The highest BCUT2D eigenvalue weighted by Crippen LogP contribution is 2.40. The molecule has 0 saturated carbocycles. The number of benzene rings is 1. The molecule has 1 aromatic heterocycles. The van der Waals surface area contributed by atoms with Crippen molar-refractivity contribution in [2.24, 2.45) is 0 Å². The zero-order valence-electron chi connectivity index (χ0n) is 13.0. The van der Waals surface area contributed by atoms with Crippen LogP contribution >= 0.6 is 23.2 Å². The fraction of sp³-hybridized carbons (Fsp3) is 0.412. The van der Waals surface area contributed by atoms with Gasteiger partial charge >= 0.3 is 0 Å². The SMILES string of the molecule is CCCCCc1nc2c(c(-c3c(O)cc(Cl)cc3Cl)n1)CNC2. The smallest absolute Gasteiger partial charge is 0.129 e. The van der Waals surface area contributed by atoms with Crippen LogP contribution in [0.4, 0.5) is 0 Å². The number of aromatic nitrogens is 2. The van der Waals surface area contributed by atoms with Crippen molar-refractivity contribution >= 4 is 23.2 Å². The van der Waals surface area contributed by atoms with Gasteiger partial charge in [0.2, 0.25) is 0 Å². The summed E-state index contributed by atoms with van der Waals surface area (Å²) in [6.07, 6.45) is 4.20. The molecule has 0 saturated heterocycles. The van der Waals surface area contributed by atoms with E-state index < -0.39 is 0 Å². The number of fused-ring (bicyclic) bond motifs is 1. The van der Waals surface area contributed by atoms with Gasteiger partial charge < -0.3 is 10.4 Å². The summed E-state index contributed by atoms with van der Waals surface area (Å²) >= 11 is 12.3. The average Bonchev–Trinajstić information content (AvgIpc) is 2.95. The Morgan fingerprint density at radius 2 is 2.00 bits per heavy atom. The van der Waals surface area contributed by atoms with Crippen molar-refractivity contribution in [2.75, 3.05) is 0 Å². The Morgan fingerprint density at radius 1 is 1.17 bits per heavy atom. The first-order valence-electron chi connectivity index (χ1n) is 7.88. The topological polar surface area (TPSA) is 58.0 Å². The molecular weight excluding hydrogens is 333 g/mol. The molecule has 2 heterocycles. The standard InChI is InChI=1S/C17H19Cl2N3O/c1-2-3-4-5-15-21-13-9-20-8-11(13)17(22-15)16-12(19)6-10(18)7-14(16)23/h6-7,20,23H,2-5,8-9H2,1H3. The summed E-state index contributed by atoms with van der Waals surface area (Å²) in [7, 11) is 0. The predicted octanol–water partition coefficient (Wildman–Crippen LogP) is 4.49. The van der Waals surface area contributed by atoms with E-state index in [1.807, 2.05) is 0 Å². The van der Waals surface area contributed by atoms with Crippen molar-refractivity contribution in [3.05, 3.63) is 39.3 Å². The first kappa shape index (κ1) is 16.5. The Balaban J connectivity index is 2.08. The highest BCUT2D eigenvalue weighted by Gasteiger charge is 2.23. The molecule has 1 aliphatic heterocycles. The van der Waals surface area contributed by atoms with Gasteiger partial charge in [0.15, 0.2) is 0 Å². The van der Waals surface area contributed by atoms with Crippen LogP contribution in [0.25, 0.3) is 11.3 Å². The fourth-order valence-electron chi connectivity index (χ4n) is 2.87. The van der Waals surface area contributed by atoms with Crippen LogP contribution in [0.3, 0.4) is 0 Å². The second kappa shape index (κ2) is 7.04. The molecule has 0 aliphatic carbocycles. The third-order valence-electron chi connectivity index (χ3n) is 4.01. The van der Waals surface area contributed by atoms with Crippen LogP contribution in [0.15, 0.2) is 12.1 Å². The normalized spacial score (nSPS) is 13.3. The summed E-state index contributed by atoms with van der Waals surface area (Å²) in [5, 5.41) is 14.4. The van der Waals surface area contributed by atoms with Crippen molar-refractivity contribution in [1.29, 1.82) is 0 Å². The third kappa shape index (κ3) is 3.44. The molecule has 3 rings (SSSR count). The van der Waals surface area contributed by atoms with Crippen LogP contribution in [-0.4, -0.2) is 15.1 Å². The zero-order chi connectivity index (χ0) is 16.4. The quantitative estimate of drug-likeness (QED) is 0.779. The predicted molar refractivity (Wildman–Crippen MR) is 92.9 cm³/mol. The van der Waals surface area contributed by atoms with E-state index in [4.69, 9.17) is 28.2 Å². The van der Waals surface area contributed by atoms with E-state index in [2.05, 4.69) is 17.2 Å². The molecule has 1 aromatic carbocycles. The lowest BCUT2D eigenvalue weighted by atomic mass is 10.0. The highest BCUT2D eigenvalue weighted by atomic mass is 35.5. The molecule has 0 radical (unpaired) electrons. The number of phenolic OH excluding ortho intramolecular Hbond substituents is 1. The Bertz CT molecular complexity index is 711. The number of aryl methyl sites for hydroxylation is 1. The van der Waals surface area contributed by atoms with Gasteiger partial charge in [-0.2, -0.15) is 0 Å². The van der Waals surface area contributed by atoms with E-state index in [0.29, 0.717) is 27.8 Å². The number of unbranched alkanes of at least 4 members (excludes halogenated alkanes) is 2. The summed E-state index contributed by atoms with van der Waals surface area (Å²) in [6, 6.07) is 3.13. The van der Waals surface area contributed by atoms with Gasteiger partial charge in [-0.1, -0.05) is 43.0 Å². The highest BCUT2D eigenvalue weighted by molar-refractivity contribution is 6.36. The Kier molecular flexibility index (Phi) is 5.05. The molecule has 6 heteroatoms. The maximum absolute atomic E-state index is 10.3. The Labute approximate surface area is 145 Å². The molecule has 0 spiro atoms. The summed E-state index contributed by atoms with van der Waals surface area (Å²) in [4.78, 5) is 9.36. The van der Waals surface area contributed by atoms with Gasteiger partial charge in [-0.3, -0.25) is 0 Å². The van der Waals surface area contributed by atoms with E-state index in [1.54, 1.807) is 6.07 Å². The second-order valence-corrected chi connectivity index (χ2v) is 6.60. The van der Waals surface area contributed by atoms with E-state index >= 15 is 0 Å². The average molecular weight is 352 g/mol. The number of hydrogen-bond acceptors (Lipinski definition) is 4. The Hall–Kier alpha value is -1.36. The van der Waals surface area contributed by atoms with E-state index in [1.165, 1.54) is 6.07 Å². The van der Waals surface area contributed by atoms with Crippen LogP contribution in [-0.2, 0) is 19.5 Å². The van der Waals surface area contributed by atoms with Crippen molar-refractivity contribution in [2.45, 2.75) is 45.7 Å². The number of halogens is 2. The van der Waals surface area contributed by atoms with Crippen LogP contribution < -0.4 is 5.32 Å². The third-order valence-corrected chi connectivity index (χ3v) is 4.52. The molecule has 122 valence electrons. The molecule has 0 amide bonds. The minimum atomic E-state index is 0.0507. The molecule has 0 fully saturated rings. The first-order valence-corrected chi connectivity index (χ1v) is 8.63. The monoisotopic (exact) mass is 351 g/mol. The minimum Gasteiger partial charge on any atom is -0.507 e. The van der Waals surface area contributed by atoms with Crippen LogP contribution in [0, 0.1) is 0 Å². The van der Waals surface area contributed by atoms with Crippen molar-refractivity contribution < 1.29 is 5.11 Å². The summed E-state index contributed by atoms with van der Waals surface area (Å²) in [5.41, 5.74) is 3.25. The first-order chi connectivity index (χ1) is 11.1. The number of phenols is 1. The van der Waals surface area contributed by atoms with Gasteiger partial charge in [-0.25, -0.2) is 9.97 Å². The molecule has 0 atom stereocenters. The van der Waals surface area contributed by atoms with E-state index in [9.17, 15) is 5.11 Å². The van der Waals surface area contributed by atoms with Gasteiger partial charge in [0, 0.05) is 30.1 Å². The van der Waals surface area contributed by atoms with E-state index in [-0.39, 0.29) is 5.75 Å². The molecule has 2 N–H and O–H groups in total. The van der Waals surface area contributed by atoms with Crippen molar-refractivity contribution in [3.63, 3.8) is 0 Å². The largest absolute Gasteiger partial charge is 0.507 e. The van der Waals surface area contributed by atoms with E-state index in [0.717, 1.165) is 49.3 Å². The van der Waals surface area contributed by atoms with Gasteiger partial charge in [0.1, 0.15) is 11.6 Å². The van der Waals surface area contributed by atoms with Gasteiger partial charge in [0.05, 0.1) is 22.0 Å². The Morgan fingerprint density at radius 3 is 2.74 bits per heavy atom. The van der Waals surface area contributed by atoms with Crippen LogP contribution in [0.5, 0.6) is 5.75 Å². The zero-order valence-corrected chi connectivity index (χ0v) is 14.5. The van der Waals surface area contributed by atoms with Gasteiger partial charge in [-0.05, 0) is 18.6 Å². The molecule has 1 aliphatic rings. The number of rotatable bonds is 5. The summed E-state index contributed by atoms with van der Waals surface area (Å²) < 4.78 is 0. The van der Waals surface area contributed by atoms with Gasteiger partial charge in [-0.15, -0.1) is 0 Å². The number of nitrogens with one attached hydrogen (secondary N) is 1. The molecule has 4 nitrogen and oxygen atoms in total. The lowest BCUT2D eigenvalue weighted by Crippen LogP contribution is -2.04. The molecule has 23 heavy (non-hydrogen) atoms. The maximum Gasteiger partial charge on any atom is 0.129 e. The number of hydrogen-bond donors (Lipinski definition) is 2. The second-order valence-electron chi connectivity index (χ2n) is 5.76. The number of nitrogens with zero attached hydrogens (tertiary/aromatic N) is 2. The fourth-order valence-corrected chi connectivity index (χ4v) is 3.44. The van der Waals surface area contributed by atoms with Crippen LogP contribution in [0.2, 0.25) is 10.0 Å². The van der Waals surface area contributed by atoms with Crippen LogP contribution in [0.1, 0.15) is 43.3 Å². The number of aromatic hydroxyl groups is 1. The molecular formula is C17H19Cl2N3O. The van der Waals surface area contributed by atoms with Gasteiger partial charge in [0.25, 0.3) is 0 Å². The van der Waals surface area contributed by atoms with Crippen molar-refractivity contribution in [3.8, 4) is 17.0 Å². The molecule has 2 aromatic rings. The molecule has 0 bridgehead atoms. The lowest BCUT2D eigenvalue weighted by Gasteiger charge is -2.13. The lowest BCUT2D eigenvalue weighted by molar-refractivity contribution is 0.477. The van der Waals surface area contributed by atoms with Crippen molar-refractivity contribution in [1.82, 2.24) is 15.3 Å².